The van der Waals surface area contributed by atoms with E-state index in [0.29, 0.717) is 12.1 Å². The van der Waals surface area contributed by atoms with Crippen LogP contribution < -0.4 is 0 Å². The molecule has 0 aliphatic carbocycles. The lowest BCUT2D eigenvalue weighted by atomic mass is 9.91. The van der Waals surface area contributed by atoms with Crippen molar-refractivity contribution in [3.63, 3.8) is 0 Å². The van der Waals surface area contributed by atoms with Crippen molar-refractivity contribution in [1.29, 1.82) is 0 Å². The van der Waals surface area contributed by atoms with Gasteiger partial charge in [0.25, 0.3) is 0 Å². The first-order valence-electron chi connectivity index (χ1n) is 7.98. The van der Waals surface area contributed by atoms with Gasteiger partial charge >= 0.3 is 6.09 Å². The van der Waals surface area contributed by atoms with Crippen molar-refractivity contribution in [2.24, 2.45) is 5.92 Å². The third-order valence-corrected chi connectivity index (χ3v) is 4.52. The maximum Gasteiger partial charge on any atom is 0.410 e. The van der Waals surface area contributed by atoms with E-state index in [1.807, 2.05) is 52.0 Å². The number of carbonyl (C=O) groups excluding carboxylic acids is 2. The predicted octanol–water partition coefficient (Wildman–Crippen LogP) is 4.67. The number of hydrogen-bond donors (Lipinski definition) is 0. The van der Waals surface area contributed by atoms with Crippen molar-refractivity contribution in [1.82, 2.24) is 4.90 Å². The summed E-state index contributed by atoms with van der Waals surface area (Å²) in [5.74, 6) is -0.189. The number of amides is 1. The molecule has 0 aromatic heterocycles. The molecule has 0 N–H and O–H groups in total. The lowest BCUT2D eigenvalue weighted by Gasteiger charge is -2.31. The van der Waals surface area contributed by atoms with E-state index in [0.717, 1.165) is 17.3 Å². The molecule has 1 aliphatic heterocycles. The Labute approximate surface area is 146 Å². The maximum atomic E-state index is 12.7. The summed E-state index contributed by atoms with van der Waals surface area (Å²) in [6.07, 6.45) is 1.41. The first kappa shape index (κ1) is 18.0. The van der Waals surface area contributed by atoms with E-state index < -0.39 is 5.60 Å². The summed E-state index contributed by atoms with van der Waals surface area (Å²) >= 11 is 3.39. The number of carbonyl (C=O) groups is 2. The molecule has 1 heterocycles. The Balaban J connectivity index is 2.12. The smallest absolute Gasteiger partial charge is 0.410 e. The van der Waals surface area contributed by atoms with Crippen LogP contribution in [0.3, 0.4) is 0 Å². The van der Waals surface area contributed by atoms with E-state index in [1.165, 1.54) is 0 Å². The number of halogens is 1. The molecule has 1 aliphatic rings. The minimum absolute atomic E-state index is 0.0618. The monoisotopic (exact) mass is 381 g/mol. The molecule has 23 heavy (non-hydrogen) atoms. The number of benzene rings is 1. The van der Waals surface area contributed by atoms with Crippen LogP contribution in [0, 0.1) is 5.92 Å². The highest BCUT2D eigenvalue weighted by Gasteiger charge is 2.38. The molecule has 0 spiro atoms. The Kier molecular flexibility index (Phi) is 5.50. The molecular formula is C18H24BrNO3. The Hall–Kier alpha value is -1.36. The molecule has 0 bridgehead atoms. The molecule has 2 atom stereocenters. The highest BCUT2D eigenvalue weighted by atomic mass is 79.9. The molecule has 5 heteroatoms. The summed E-state index contributed by atoms with van der Waals surface area (Å²) < 4.78 is 6.36. The summed E-state index contributed by atoms with van der Waals surface area (Å²) in [5, 5.41) is 0. The molecular weight excluding hydrogens is 358 g/mol. The molecule has 1 fully saturated rings. The van der Waals surface area contributed by atoms with Crippen LogP contribution in [0.25, 0.3) is 0 Å². The Morgan fingerprint density at radius 1 is 1.35 bits per heavy atom. The molecule has 1 amide bonds. The number of nitrogens with zero attached hydrogens (tertiary/aromatic N) is 1. The van der Waals surface area contributed by atoms with Gasteiger partial charge in [0.2, 0.25) is 0 Å². The van der Waals surface area contributed by atoms with E-state index in [9.17, 15) is 9.59 Å². The summed E-state index contributed by atoms with van der Waals surface area (Å²) in [4.78, 5) is 26.8. The van der Waals surface area contributed by atoms with Crippen molar-refractivity contribution >= 4 is 27.8 Å². The molecule has 126 valence electrons. The van der Waals surface area contributed by atoms with Crippen molar-refractivity contribution in [2.75, 3.05) is 6.54 Å². The van der Waals surface area contributed by atoms with Gasteiger partial charge in [-0.15, -0.1) is 0 Å². The summed E-state index contributed by atoms with van der Waals surface area (Å²) in [7, 11) is 0. The third kappa shape index (κ3) is 4.56. The lowest BCUT2D eigenvalue weighted by Crippen LogP contribution is -2.44. The zero-order valence-electron chi connectivity index (χ0n) is 14.1. The predicted molar refractivity (Wildman–Crippen MR) is 93.6 cm³/mol. The number of Topliss-reactive ketones (excluding diaryl/α,β-unsaturated/α-hetero) is 1. The van der Waals surface area contributed by atoms with E-state index in [4.69, 9.17) is 4.74 Å². The van der Waals surface area contributed by atoms with Crippen molar-refractivity contribution in [3.05, 3.63) is 34.3 Å². The average Bonchev–Trinajstić information content (AvgIpc) is 2.93. The Bertz CT molecular complexity index is 594. The molecule has 1 saturated heterocycles. The molecule has 0 saturated carbocycles. The van der Waals surface area contributed by atoms with Crippen LogP contribution in [-0.2, 0) is 4.74 Å². The maximum absolute atomic E-state index is 12.7. The number of likely N-dealkylation sites (tertiary alicyclic amines) is 1. The number of ketones is 1. The van der Waals surface area contributed by atoms with Gasteiger partial charge in [0, 0.05) is 28.5 Å². The van der Waals surface area contributed by atoms with E-state index in [1.54, 1.807) is 4.90 Å². The fourth-order valence-corrected chi connectivity index (χ4v) is 3.34. The summed E-state index contributed by atoms with van der Waals surface area (Å²) in [5.41, 5.74) is 0.143. The fraction of sp³-hybridized carbons (Fsp3) is 0.556. The second-order valence-electron chi connectivity index (χ2n) is 7.05. The summed E-state index contributed by atoms with van der Waals surface area (Å²) in [6, 6.07) is 7.28. The summed E-state index contributed by atoms with van der Waals surface area (Å²) in [6.45, 7) is 8.11. The SMILES string of the molecule is CC(C(=O)c1cccc(Br)c1)C1CCCN1C(=O)OC(C)(C)C. The van der Waals surface area contributed by atoms with Crippen LogP contribution in [0.1, 0.15) is 50.9 Å². The van der Waals surface area contributed by atoms with Gasteiger partial charge in [-0.25, -0.2) is 4.79 Å². The van der Waals surface area contributed by atoms with Crippen LogP contribution >= 0.6 is 15.9 Å². The minimum atomic E-state index is -0.526. The van der Waals surface area contributed by atoms with Crippen molar-refractivity contribution < 1.29 is 14.3 Å². The highest BCUT2D eigenvalue weighted by Crippen LogP contribution is 2.28. The van der Waals surface area contributed by atoms with Gasteiger partial charge in [-0.2, -0.15) is 0 Å². The lowest BCUT2D eigenvalue weighted by molar-refractivity contribution is 0.0188. The number of hydrogen-bond acceptors (Lipinski definition) is 3. The highest BCUT2D eigenvalue weighted by molar-refractivity contribution is 9.10. The van der Waals surface area contributed by atoms with Crippen LogP contribution in [0.5, 0.6) is 0 Å². The second kappa shape index (κ2) is 7.04. The van der Waals surface area contributed by atoms with Crippen LogP contribution in [0.4, 0.5) is 4.79 Å². The van der Waals surface area contributed by atoms with Crippen molar-refractivity contribution in [3.8, 4) is 0 Å². The zero-order chi connectivity index (χ0) is 17.2. The van der Waals surface area contributed by atoms with Gasteiger partial charge in [0.05, 0.1) is 0 Å². The molecule has 1 aromatic carbocycles. The van der Waals surface area contributed by atoms with Crippen LogP contribution in [0.2, 0.25) is 0 Å². The van der Waals surface area contributed by atoms with Gasteiger partial charge in [-0.05, 0) is 45.7 Å². The molecule has 2 rings (SSSR count). The van der Waals surface area contributed by atoms with Gasteiger partial charge in [-0.1, -0.05) is 35.0 Å². The molecule has 1 aromatic rings. The Morgan fingerprint density at radius 3 is 2.65 bits per heavy atom. The number of rotatable bonds is 3. The topological polar surface area (TPSA) is 46.6 Å². The molecule has 4 nitrogen and oxygen atoms in total. The standard InChI is InChI=1S/C18H24BrNO3/c1-12(16(21)13-7-5-8-14(19)11-13)15-9-6-10-20(15)17(22)23-18(2,3)4/h5,7-8,11-12,15H,6,9-10H2,1-4H3. The van der Waals surface area contributed by atoms with E-state index >= 15 is 0 Å². The van der Waals surface area contributed by atoms with Gasteiger partial charge in [-0.3, -0.25) is 4.79 Å². The average molecular weight is 382 g/mol. The van der Waals surface area contributed by atoms with Gasteiger partial charge in [0.15, 0.2) is 5.78 Å². The largest absolute Gasteiger partial charge is 0.444 e. The fourth-order valence-electron chi connectivity index (χ4n) is 2.94. The van der Waals surface area contributed by atoms with E-state index in [-0.39, 0.29) is 23.8 Å². The van der Waals surface area contributed by atoms with Crippen LogP contribution in [-0.4, -0.2) is 35.0 Å². The Morgan fingerprint density at radius 2 is 2.04 bits per heavy atom. The van der Waals surface area contributed by atoms with Crippen LogP contribution in [0.15, 0.2) is 28.7 Å². The quantitative estimate of drug-likeness (QED) is 0.714. The minimum Gasteiger partial charge on any atom is -0.444 e. The second-order valence-corrected chi connectivity index (χ2v) is 7.96. The third-order valence-electron chi connectivity index (χ3n) is 4.03. The van der Waals surface area contributed by atoms with E-state index in [2.05, 4.69) is 15.9 Å². The number of ether oxygens (including phenoxy) is 1. The van der Waals surface area contributed by atoms with Crippen molar-refractivity contribution in [2.45, 2.75) is 52.2 Å². The first-order chi connectivity index (χ1) is 10.7. The van der Waals surface area contributed by atoms with Gasteiger partial charge in [0.1, 0.15) is 5.60 Å². The zero-order valence-corrected chi connectivity index (χ0v) is 15.7. The first-order valence-corrected chi connectivity index (χ1v) is 8.78. The van der Waals surface area contributed by atoms with Gasteiger partial charge < -0.3 is 9.64 Å². The molecule has 2 unspecified atom stereocenters. The molecule has 0 radical (unpaired) electrons. The normalized spacial score (nSPS) is 19.5.